The molecule has 0 unspecified atom stereocenters. The maximum absolute atomic E-state index is 12.6. The monoisotopic (exact) mass is 470 g/mol. The number of benzene rings is 1. The summed E-state index contributed by atoms with van der Waals surface area (Å²) in [4.78, 5) is 23.6. The second kappa shape index (κ2) is 8.86. The average Bonchev–Trinajstić information content (AvgIpc) is 3.03. The van der Waals surface area contributed by atoms with Crippen molar-refractivity contribution in [1.29, 1.82) is 0 Å². The number of rotatable bonds is 3. The number of nitrogens with zero attached hydrogens (tertiary/aromatic N) is 4. The highest BCUT2D eigenvalue weighted by Gasteiger charge is 2.29. The van der Waals surface area contributed by atoms with E-state index in [0.717, 1.165) is 52.3 Å². The van der Waals surface area contributed by atoms with Crippen molar-refractivity contribution in [2.24, 2.45) is 7.05 Å². The fourth-order valence-electron chi connectivity index (χ4n) is 4.19. The molecule has 33 heavy (non-hydrogen) atoms. The number of carbonyl (C=O) groups is 1. The van der Waals surface area contributed by atoms with Crippen molar-refractivity contribution in [2.75, 3.05) is 13.1 Å². The Labute approximate surface area is 199 Å². The number of halogens is 1. The van der Waals surface area contributed by atoms with E-state index in [2.05, 4.69) is 4.98 Å². The number of aryl methyl sites for hydroxylation is 3. The minimum Gasteiger partial charge on any atom is -0.488 e. The molecule has 7 nitrogen and oxygen atoms in total. The number of carbonyl (C=O) groups excluding carboxylic acids is 1. The molecule has 3 aromatic rings. The zero-order valence-corrected chi connectivity index (χ0v) is 20.9. The van der Waals surface area contributed by atoms with Crippen molar-refractivity contribution in [2.45, 2.75) is 59.2 Å². The molecule has 1 amide bonds. The number of imidazole rings is 1. The fraction of sp³-hybridized carbons (Fsp3) is 0.480. The van der Waals surface area contributed by atoms with E-state index in [-0.39, 0.29) is 12.2 Å². The van der Waals surface area contributed by atoms with Crippen molar-refractivity contribution < 1.29 is 14.3 Å². The van der Waals surface area contributed by atoms with Gasteiger partial charge in [0, 0.05) is 35.9 Å². The molecule has 0 spiro atoms. The number of ether oxygens (including phenoxy) is 2. The number of hydrogen-bond acceptors (Lipinski definition) is 5. The van der Waals surface area contributed by atoms with Crippen LogP contribution in [0.15, 0.2) is 24.4 Å². The Bertz CT molecular complexity index is 1200. The van der Waals surface area contributed by atoms with Gasteiger partial charge in [-0.1, -0.05) is 11.6 Å². The van der Waals surface area contributed by atoms with Crippen molar-refractivity contribution >= 4 is 28.9 Å². The molecule has 0 bridgehead atoms. The second-order valence-electron chi connectivity index (χ2n) is 9.66. The third-order valence-corrected chi connectivity index (χ3v) is 6.04. The Morgan fingerprint density at radius 3 is 2.70 bits per heavy atom. The molecule has 0 N–H and O–H groups in total. The number of hydrogen-bond donors (Lipinski definition) is 0. The third-order valence-electron chi connectivity index (χ3n) is 5.83. The first-order valence-electron chi connectivity index (χ1n) is 11.3. The van der Waals surface area contributed by atoms with Crippen molar-refractivity contribution in [3.05, 3.63) is 40.8 Å². The summed E-state index contributed by atoms with van der Waals surface area (Å²) in [6.07, 6.45) is 3.04. The predicted octanol–water partition coefficient (Wildman–Crippen LogP) is 5.68. The van der Waals surface area contributed by atoms with Gasteiger partial charge in [-0.25, -0.2) is 14.8 Å². The Morgan fingerprint density at radius 1 is 1.21 bits per heavy atom. The molecule has 4 rings (SSSR count). The van der Waals surface area contributed by atoms with Crippen LogP contribution in [0.3, 0.4) is 0 Å². The lowest BCUT2D eigenvalue weighted by molar-refractivity contribution is 0.00777. The van der Waals surface area contributed by atoms with E-state index in [1.807, 2.05) is 64.4 Å². The molecule has 176 valence electrons. The van der Waals surface area contributed by atoms with Gasteiger partial charge in [-0.15, -0.1) is 0 Å². The van der Waals surface area contributed by atoms with Crippen LogP contribution in [0, 0.1) is 13.8 Å². The summed E-state index contributed by atoms with van der Waals surface area (Å²) in [5.74, 6) is 1.64. The number of amides is 1. The molecule has 1 saturated heterocycles. The quantitative estimate of drug-likeness (QED) is 0.492. The summed E-state index contributed by atoms with van der Waals surface area (Å²) in [5.41, 5.74) is 3.82. The molecule has 1 aromatic carbocycles. The van der Waals surface area contributed by atoms with Crippen LogP contribution in [0.4, 0.5) is 4.79 Å². The van der Waals surface area contributed by atoms with E-state index in [0.29, 0.717) is 18.1 Å². The Balaban J connectivity index is 1.68. The van der Waals surface area contributed by atoms with Crippen LogP contribution in [0.1, 0.15) is 45.0 Å². The number of pyridine rings is 1. The Morgan fingerprint density at radius 2 is 1.97 bits per heavy atom. The van der Waals surface area contributed by atoms with Gasteiger partial charge in [-0.3, -0.25) is 0 Å². The predicted molar refractivity (Wildman–Crippen MR) is 130 cm³/mol. The van der Waals surface area contributed by atoms with Crippen molar-refractivity contribution in [3.8, 4) is 16.9 Å². The van der Waals surface area contributed by atoms with E-state index in [1.54, 1.807) is 11.1 Å². The van der Waals surface area contributed by atoms with Crippen LogP contribution in [0.5, 0.6) is 5.75 Å². The summed E-state index contributed by atoms with van der Waals surface area (Å²) in [6, 6.07) is 5.76. The van der Waals surface area contributed by atoms with E-state index in [4.69, 9.17) is 26.1 Å². The molecule has 3 heterocycles. The second-order valence-corrected chi connectivity index (χ2v) is 10.1. The standard InChI is InChI=1S/C25H31ClN4O3/c1-15-12-17(26)13-20(19-9-10-27-23-21(19)28-16(2)29(23)6)22(15)32-18-8-7-11-30(14-18)24(31)33-25(3,4)5/h9-10,12-13,18H,7-8,11,14H2,1-6H3/t18-/m0/s1. The van der Waals surface area contributed by atoms with Gasteiger partial charge in [0.05, 0.1) is 6.54 Å². The summed E-state index contributed by atoms with van der Waals surface area (Å²) < 4.78 is 14.1. The summed E-state index contributed by atoms with van der Waals surface area (Å²) >= 11 is 6.46. The number of aromatic nitrogens is 3. The van der Waals surface area contributed by atoms with Gasteiger partial charge in [0.1, 0.15) is 28.8 Å². The van der Waals surface area contributed by atoms with Gasteiger partial charge in [-0.2, -0.15) is 0 Å². The molecule has 1 atom stereocenters. The van der Waals surface area contributed by atoms with Gasteiger partial charge < -0.3 is 18.9 Å². The smallest absolute Gasteiger partial charge is 0.410 e. The Kier molecular flexibility index (Phi) is 6.27. The fourth-order valence-corrected chi connectivity index (χ4v) is 4.46. The molecule has 0 radical (unpaired) electrons. The van der Waals surface area contributed by atoms with Crippen LogP contribution in [0.2, 0.25) is 5.02 Å². The molecule has 0 aliphatic carbocycles. The third kappa shape index (κ3) is 4.93. The van der Waals surface area contributed by atoms with Crippen LogP contribution in [-0.4, -0.2) is 50.3 Å². The first-order valence-corrected chi connectivity index (χ1v) is 11.6. The van der Waals surface area contributed by atoms with Gasteiger partial charge >= 0.3 is 6.09 Å². The van der Waals surface area contributed by atoms with Crippen LogP contribution in [0.25, 0.3) is 22.3 Å². The lowest BCUT2D eigenvalue weighted by Crippen LogP contribution is -2.46. The van der Waals surface area contributed by atoms with E-state index < -0.39 is 5.60 Å². The largest absolute Gasteiger partial charge is 0.488 e. The average molecular weight is 471 g/mol. The number of fused-ring (bicyclic) bond motifs is 1. The van der Waals surface area contributed by atoms with Crippen LogP contribution in [-0.2, 0) is 11.8 Å². The molecule has 0 saturated carbocycles. The number of piperidine rings is 1. The SMILES string of the molecule is Cc1cc(Cl)cc(-c2ccnc3c2nc(C)n3C)c1O[C@H]1CCCN(C(=O)OC(C)(C)C)C1. The van der Waals surface area contributed by atoms with E-state index in [1.165, 1.54) is 0 Å². The summed E-state index contributed by atoms with van der Waals surface area (Å²) in [6.45, 7) is 10.7. The highest BCUT2D eigenvalue weighted by atomic mass is 35.5. The lowest BCUT2D eigenvalue weighted by Gasteiger charge is -2.34. The normalized spacial score (nSPS) is 16.8. The summed E-state index contributed by atoms with van der Waals surface area (Å²) in [7, 11) is 1.95. The van der Waals surface area contributed by atoms with Gasteiger partial charge in [0.25, 0.3) is 0 Å². The minimum atomic E-state index is -0.529. The molecule has 2 aromatic heterocycles. The zero-order valence-electron chi connectivity index (χ0n) is 20.1. The molecule has 1 fully saturated rings. The van der Waals surface area contributed by atoms with Crippen molar-refractivity contribution in [3.63, 3.8) is 0 Å². The maximum Gasteiger partial charge on any atom is 0.410 e. The highest BCUT2D eigenvalue weighted by molar-refractivity contribution is 6.31. The molecular weight excluding hydrogens is 440 g/mol. The maximum atomic E-state index is 12.6. The molecule has 8 heteroatoms. The van der Waals surface area contributed by atoms with E-state index in [9.17, 15) is 4.79 Å². The zero-order chi connectivity index (χ0) is 23.9. The topological polar surface area (TPSA) is 69.5 Å². The van der Waals surface area contributed by atoms with Gasteiger partial charge in [0.15, 0.2) is 5.65 Å². The lowest BCUT2D eigenvalue weighted by atomic mass is 10.0. The minimum absolute atomic E-state index is 0.146. The van der Waals surface area contributed by atoms with Crippen LogP contribution < -0.4 is 4.74 Å². The Hall–Kier alpha value is -2.80. The molecule has 1 aliphatic heterocycles. The summed E-state index contributed by atoms with van der Waals surface area (Å²) in [5, 5.41) is 0.631. The van der Waals surface area contributed by atoms with Gasteiger partial charge in [-0.05, 0) is 71.2 Å². The molecular formula is C25H31ClN4O3. The van der Waals surface area contributed by atoms with E-state index >= 15 is 0 Å². The van der Waals surface area contributed by atoms with Gasteiger partial charge in [0.2, 0.25) is 0 Å². The number of likely N-dealkylation sites (tertiary alicyclic amines) is 1. The first kappa shape index (κ1) is 23.4. The first-order chi connectivity index (χ1) is 15.5. The van der Waals surface area contributed by atoms with Crippen LogP contribution >= 0.6 is 11.6 Å². The highest BCUT2D eigenvalue weighted by Crippen LogP contribution is 2.39. The molecule has 1 aliphatic rings. The van der Waals surface area contributed by atoms with Crippen molar-refractivity contribution in [1.82, 2.24) is 19.4 Å².